The van der Waals surface area contributed by atoms with Crippen LogP contribution in [0.2, 0.25) is 0 Å². The Morgan fingerprint density at radius 2 is 2.09 bits per heavy atom. The molecule has 0 aliphatic heterocycles. The Bertz CT molecular complexity index is 244. The first-order valence-corrected chi connectivity index (χ1v) is 3.80. The van der Waals surface area contributed by atoms with Crippen molar-refractivity contribution in [2.24, 2.45) is 5.41 Å². The molecule has 2 bridgehead atoms. The van der Waals surface area contributed by atoms with Gasteiger partial charge in [0.25, 0.3) is 0 Å². The van der Waals surface area contributed by atoms with Crippen LogP contribution in [0.4, 0.5) is 0 Å². The average Bonchev–Trinajstić information content (AvgIpc) is 1.74. The van der Waals surface area contributed by atoms with Crippen molar-refractivity contribution < 1.29 is 4.79 Å². The molecule has 3 fully saturated rings. The molecule has 3 heteroatoms. The summed E-state index contributed by atoms with van der Waals surface area (Å²) in [6, 6.07) is 2.29. The van der Waals surface area contributed by atoms with Gasteiger partial charge in [0, 0.05) is 12.5 Å². The van der Waals surface area contributed by atoms with Gasteiger partial charge in [-0.3, -0.25) is 4.79 Å². The van der Waals surface area contributed by atoms with Gasteiger partial charge >= 0.3 is 0 Å². The minimum Gasteiger partial charge on any atom is -0.351 e. The Kier molecular flexibility index (Phi) is 0.956. The molecule has 1 N–H and O–H groups in total. The summed E-state index contributed by atoms with van der Waals surface area (Å²) < 4.78 is 0. The SMILES string of the molecule is CC(=O)NC12CC(C#N)(C1)C2. The minimum absolute atomic E-state index is 0.0243. The van der Waals surface area contributed by atoms with Crippen molar-refractivity contribution in [3.63, 3.8) is 0 Å². The van der Waals surface area contributed by atoms with Gasteiger partial charge in [0.15, 0.2) is 0 Å². The van der Waals surface area contributed by atoms with Crippen molar-refractivity contribution in [2.45, 2.75) is 31.7 Å². The van der Waals surface area contributed by atoms with E-state index in [9.17, 15) is 4.79 Å². The summed E-state index contributed by atoms with van der Waals surface area (Å²) in [6.07, 6.45) is 2.61. The van der Waals surface area contributed by atoms with E-state index in [-0.39, 0.29) is 16.9 Å². The second-order valence-corrected chi connectivity index (χ2v) is 3.88. The number of amides is 1. The normalized spacial score (nSPS) is 44.7. The van der Waals surface area contributed by atoms with Crippen LogP contribution in [0, 0.1) is 16.7 Å². The average molecular weight is 150 g/mol. The lowest BCUT2D eigenvalue weighted by atomic mass is 9.40. The Morgan fingerprint density at radius 1 is 1.55 bits per heavy atom. The summed E-state index contributed by atoms with van der Waals surface area (Å²) in [5, 5.41) is 11.6. The van der Waals surface area contributed by atoms with E-state index in [4.69, 9.17) is 5.26 Å². The van der Waals surface area contributed by atoms with Gasteiger partial charge in [-0.1, -0.05) is 0 Å². The van der Waals surface area contributed by atoms with Gasteiger partial charge in [-0.05, 0) is 19.3 Å². The lowest BCUT2D eigenvalue weighted by Gasteiger charge is -2.66. The molecule has 0 saturated heterocycles. The van der Waals surface area contributed by atoms with Crippen LogP contribution in [-0.4, -0.2) is 11.4 Å². The number of rotatable bonds is 1. The molecule has 0 radical (unpaired) electrons. The number of carbonyl (C=O) groups is 1. The van der Waals surface area contributed by atoms with E-state index in [1.54, 1.807) is 0 Å². The molecule has 11 heavy (non-hydrogen) atoms. The number of hydrogen-bond donors (Lipinski definition) is 1. The fraction of sp³-hybridized carbons (Fsp3) is 0.750. The van der Waals surface area contributed by atoms with Crippen LogP contribution in [0.5, 0.6) is 0 Å². The molecular formula is C8H10N2O. The number of nitrogens with one attached hydrogen (secondary N) is 1. The summed E-state index contributed by atoms with van der Waals surface area (Å²) in [7, 11) is 0. The zero-order valence-corrected chi connectivity index (χ0v) is 6.48. The number of carbonyl (C=O) groups excluding carboxylic acids is 1. The Labute approximate surface area is 65.4 Å². The lowest BCUT2D eigenvalue weighted by molar-refractivity contribution is -0.142. The second kappa shape index (κ2) is 1.58. The molecule has 0 heterocycles. The highest BCUT2D eigenvalue weighted by molar-refractivity contribution is 5.74. The molecule has 3 nitrogen and oxygen atoms in total. The molecule has 0 spiro atoms. The molecule has 0 atom stereocenters. The van der Waals surface area contributed by atoms with Crippen LogP contribution >= 0.6 is 0 Å². The highest BCUT2D eigenvalue weighted by atomic mass is 16.1. The van der Waals surface area contributed by atoms with E-state index in [1.807, 2.05) is 0 Å². The predicted molar refractivity (Wildman–Crippen MR) is 38.4 cm³/mol. The highest BCUT2D eigenvalue weighted by Gasteiger charge is 2.69. The Morgan fingerprint density at radius 3 is 2.45 bits per heavy atom. The maximum Gasteiger partial charge on any atom is 0.217 e. The molecule has 3 saturated carbocycles. The minimum atomic E-state index is -0.0531. The second-order valence-electron chi connectivity index (χ2n) is 3.88. The number of nitrogens with zero attached hydrogens (tertiary/aromatic N) is 1. The molecular weight excluding hydrogens is 140 g/mol. The third-order valence-corrected chi connectivity index (χ3v) is 2.71. The van der Waals surface area contributed by atoms with Crippen LogP contribution in [0.1, 0.15) is 26.2 Å². The maximum absolute atomic E-state index is 10.7. The number of nitriles is 1. The largest absolute Gasteiger partial charge is 0.351 e. The summed E-state index contributed by atoms with van der Waals surface area (Å²) in [6.45, 7) is 1.53. The van der Waals surface area contributed by atoms with Crippen molar-refractivity contribution in [1.29, 1.82) is 5.26 Å². The van der Waals surface area contributed by atoms with Crippen molar-refractivity contribution in [1.82, 2.24) is 5.32 Å². The van der Waals surface area contributed by atoms with E-state index in [1.165, 1.54) is 6.92 Å². The quantitative estimate of drug-likeness (QED) is 0.594. The highest BCUT2D eigenvalue weighted by Crippen LogP contribution is 2.66. The van der Waals surface area contributed by atoms with E-state index in [0.717, 1.165) is 19.3 Å². The molecule has 3 rings (SSSR count). The summed E-state index contributed by atoms with van der Waals surface area (Å²) in [5.41, 5.74) is -0.0238. The molecule has 0 aromatic carbocycles. The Balaban J connectivity index is 1.95. The van der Waals surface area contributed by atoms with Crippen LogP contribution in [0.3, 0.4) is 0 Å². The van der Waals surface area contributed by atoms with E-state index < -0.39 is 0 Å². The predicted octanol–water partition coefficient (Wildman–Crippen LogP) is 0.569. The molecule has 3 aliphatic rings. The molecule has 0 aromatic rings. The van der Waals surface area contributed by atoms with Crippen LogP contribution in [-0.2, 0) is 4.79 Å². The van der Waals surface area contributed by atoms with Gasteiger partial charge in [-0.25, -0.2) is 0 Å². The smallest absolute Gasteiger partial charge is 0.217 e. The molecule has 0 aromatic heterocycles. The standard InChI is InChI=1S/C8H10N2O/c1-6(11)10-8-2-7(3-8,4-8)5-9/h2-4H2,1H3,(H,10,11). The van der Waals surface area contributed by atoms with Gasteiger partial charge in [0.05, 0.1) is 11.5 Å². The zero-order valence-electron chi connectivity index (χ0n) is 6.48. The fourth-order valence-electron chi connectivity index (χ4n) is 2.41. The fourth-order valence-corrected chi connectivity index (χ4v) is 2.41. The van der Waals surface area contributed by atoms with Gasteiger partial charge in [0.2, 0.25) is 5.91 Å². The number of hydrogen-bond acceptors (Lipinski definition) is 2. The van der Waals surface area contributed by atoms with Gasteiger partial charge in [0.1, 0.15) is 0 Å². The molecule has 3 aliphatic carbocycles. The van der Waals surface area contributed by atoms with Gasteiger partial charge < -0.3 is 5.32 Å². The van der Waals surface area contributed by atoms with Crippen LogP contribution in [0.25, 0.3) is 0 Å². The zero-order chi connectivity index (χ0) is 8.11. The van der Waals surface area contributed by atoms with Gasteiger partial charge in [-0.15, -0.1) is 0 Å². The third-order valence-electron chi connectivity index (χ3n) is 2.71. The first-order valence-electron chi connectivity index (χ1n) is 3.80. The van der Waals surface area contributed by atoms with Crippen molar-refractivity contribution in [2.75, 3.05) is 0 Å². The van der Waals surface area contributed by atoms with Crippen molar-refractivity contribution in [3.05, 3.63) is 0 Å². The summed E-state index contributed by atoms with van der Waals surface area (Å²) in [5.74, 6) is 0.0243. The van der Waals surface area contributed by atoms with Crippen molar-refractivity contribution in [3.8, 4) is 6.07 Å². The molecule has 1 amide bonds. The van der Waals surface area contributed by atoms with E-state index in [0.29, 0.717) is 0 Å². The van der Waals surface area contributed by atoms with Crippen molar-refractivity contribution >= 4 is 5.91 Å². The molecule has 0 unspecified atom stereocenters. The topological polar surface area (TPSA) is 52.9 Å². The van der Waals surface area contributed by atoms with E-state index >= 15 is 0 Å². The first-order chi connectivity index (χ1) is 5.10. The summed E-state index contributed by atoms with van der Waals surface area (Å²) >= 11 is 0. The van der Waals surface area contributed by atoms with E-state index in [2.05, 4.69) is 11.4 Å². The monoisotopic (exact) mass is 150 g/mol. The Hall–Kier alpha value is -1.04. The third kappa shape index (κ3) is 0.697. The maximum atomic E-state index is 10.7. The van der Waals surface area contributed by atoms with Crippen LogP contribution in [0.15, 0.2) is 0 Å². The molecule has 58 valence electrons. The first kappa shape index (κ1) is 6.66. The summed E-state index contributed by atoms with van der Waals surface area (Å²) in [4.78, 5) is 10.7. The van der Waals surface area contributed by atoms with Crippen LogP contribution < -0.4 is 5.32 Å². The lowest BCUT2D eigenvalue weighted by Crippen LogP contribution is -2.73. The van der Waals surface area contributed by atoms with Gasteiger partial charge in [-0.2, -0.15) is 5.26 Å².